The SMILES string of the molecule is Cc1nc(C)n(-c2cc(-c3c(C)noc3C)cc3[nH]c(C4CC4)nc23)n1.Cc1noc(C)c1-c1cc(-n2c(C)cnc2C)c2nc(C3CC3)[nH]c2c1.Cc1noc(C)c1-c1cc(-n2c(C)nc3ccccc32)c2nc(C3CC3)[nH]c2c1.Cc1noc(C)c1-c1cc(-n2c(C)nnc2C)c2nc(C3CC3)[nH]c2c1. The smallest absolute Gasteiger partial charge is 0.148 e. The predicted octanol–water partition coefficient (Wildman–Crippen LogP) is 17.7. The molecule has 0 spiro atoms. The molecule has 540 valence electrons. The summed E-state index contributed by atoms with van der Waals surface area (Å²) in [5.74, 6) is 15.0. The first-order chi connectivity index (χ1) is 51.7. The van der Waals surface area contributed by atoms with Crippen molar-refractivity contribution >= 4 is 55.2 Å². The number of H-pyrrole nitrogens is 4. The maximum absolute atomic E-state index is 5.44. The summed E-state index contributed by atoms with van der Waals surface area (Å²) < 4.78 is 29.9. The first-order valence-electron chi connectivity index (χ1n) is 36.8. The number of aromatic amines is 4. The lowest BCUT2D eigenvalue weighted by molar-refractivity contribution is 0.393. The van der Waals surface area contributed by atoms with Gasteiger partial charge in [0.15, 0.2) is 0 Å². The number of nitrogens with zero attached hydrogens (tertiary/aromatic N) is 18. The molecule has 5 aromatic carbocycles. The zero-order valence-electron chi connectivity index (χ0n) is 62.7. The van der Waals surface area contributed by atoms with Crippen LogP contribution in [0.4, 0.5) is 0 Å². The van der Waals surface area contributed by atoms with Crippen LogP contribution in [0.25, 0.3) is 122 Å². The second-order valence-corrected chi connectivity index (χ2v) is 29.5. The molecule has 17 aromatic rings. The largest absolute Gasteiger partial charge is 0.361 e. The second kappa shape index (κ2) is 25.5. The monoisotopic (exact) mass is 1430 g/mol. The quantitative estimate of drug-likeness (QED) is 0.0883. The van der Waals surface area contributed by atoms with Crippen LogP contribution in [0.5, 0.6) is 0 Å². The van der Waals surface area contributed by atoms with Gasteiger partial charge in [-0.2, -0.15) is 5.10 Å². The standard InChI is InChI=1S/C23H21N5O.C20H21N5O.2C19H20N6O/c1-12-21(13(2)29-27-12)16-10-18-22(26-23(25-18)15-8-9-15)20(11-16)28-14(3)24-17-6-4-5-7-19(17)28;1-10-9-21-13(4)25(10)17-8-15(18-11(2)24-26-12(18)3)7-16-19(17)23-20(22-16)14-5-6-14;1-9-17(10(2)26-24-9)14-7-15-18(21-19(20-15)13-5-6-13)16(8-14)25-11(3)22-23-12(25)4;1-9-17(10(2)26-24-9)14-7-15-18(22-19(21-15)13-5-6-13)16(8-14)25-12(4)20-11(3)23-25/h4-7,10-11,15H,8-9H2,1-3H3,(H,25,26);7-9,14H,5-6H2,1-4H3,(H,22,23);7-8,13H,5-6H2,1-4H3,(H,20,21);7-8,13H,5-6H2,1-4H3,(H,21,22). The van der Waals surface area contributed by atoms with Crippen LogP contribution in [-0.4, -0.2) is 109 Å². The molecule has 12 heterocycles. The molecule has 107 heavy (non-hydrogen) atoms. The molecule has 21 rings (SSSR count). The van der Waals surface area contributed by atoms with Crippen molar-refractivity contribution in [2.45, 2.75) is 179 Å². The van der Waals surface area contributed by atoms with Crippen LogP contribution < -0.4 is 0 Å². The highest BCUT2D eigenvalue weighted by Gasteiger charge is 2.33. The highest BCUT2D eigenvalue weighted by atomic mass is 16.5. The Morgan fingerprint density at radius 2 is 0.710 bits per heavy atom. The number of rotatable bonds is 12. The van der Waals surface area contributed by atoms with Gasteiger partial charge in [-0.15, -0.1) is 10.2 Å². The van der Waals surface area contributed by atoms with Crippen LogP contribution >= 0.6 is 0 Å². The molecule has 0 atom stereocenters. The number of para-hydroxylation sites is 2. The summed E-state index contributed by atoms with van der Waals surface area (Å²) in [7, 11) is 0. The van der Waals surface area contributed by atoms with Crippen LogP contribution in [0.1, 0.15) is 185 Å². The molecule has 0 saturated heterocycles. The van der Waals surface area contributed by atoms with Crippen molar-refractivity contribution < 1.29 is 18.1 Å². The Hall–Kier alpha value is -12.2. The molecule has 4 fully saturated rings. The van der Waals surface area contributed by atoms with Gasteiger partial charge >= 0.3 is 0 Å². The lowest BCUT2D eigenvalue weighted by atomic mass is 10.0. The minimum atomic E-state index is 0.552. The molecule has 0 aliphatic heterocycles. The Balaban J connectivity index is 0.000000101. The molecular formula is C81H82N22O4. The average molecular weight is 1430 g/mol. The van der Waals surface area contributed by atoms with Gasteiger partial charge in [-0.05, 0) is 238 Å². The van der Waals surface area contributed by atoms with E-state index in [0.29, 0.717) is 23.7 Å². The zero-order chi connectivity index (χ0) is 73.7. The Labute approximate surface area is 614 Å². The van der Waals surface area contributed by atoms with Crippen LogP contribution in [0, 0.1) is 104 Å². The van der Waals surface area contributed by atoms with Crippen molar-refractivity contribution in [3.8, 4) is 67.3 Å². The fraction of sp³-hybridized carbons (Fsp3) is 0.333. The fourth-order valence-electron chi connectivity index (χ4n) is 15.4. The molecule has 0 bridgehead atoms. The summed E-state index contributed by atoms with van der Waals surface area (Å²) in [6.45, 7) is 29.6. The molecule has 26 nitrogen and oxygen atoms in total. The van der Waals surface area contributed by atoms with E-state index in [4.69, 9.17) is 43.0 Å². The van der Waals surface area contributed by atoms with E-state index in [-0.39, 0.29) is 0 Å². The van der Waals surface area contributed by atoms with Gasteiger partial charge in [0.2, 0.25) is 0 Å². The molecule has 0 radical (unpaired) electrons. The highest BCUT2D eigenvalue weighted by molar-refractivity contribution is 5.95. The summed E-state index contributed by atoms with van der Waals surface area (Å²) in [5, 5.41) is 29.5. The van der Waals surface area contributed by atoms with Gasteiger partial charge < -0.3 is 38.0 Å². The van der Waals surface area contributed by atoms with Gasteiger partial charge in [0, 0.05) is 57.8 Å². The number of aromatic nitrogens is 22. The summed E-state index contributed by atoms with van der Waals surface area (Å²) in [6.07, 6.45) is 11.6. The van der Waals surface area contributed by atoms with E-state index in [2.05, 4.69) is 147 Å². The third-order valence-corrected chi connectivity index (χ3v) is 21.1. The minimum absolute atomic E-state index is 0.552. The Morgan fingerprint density at radius 3 is 1.05 bits per heavy atom. The average Bonchev–Trinajstić information content (AvgIpc) is 1.61. The van der Waals surface area contributed by atoms with Crippen LogP contribution in [-0.2, 0) is 0 Å². The maximum atomic E-state index is 5.44. The van der Waals surface area contributed by atoms with Gasteiger partial charge in [0.1, 0.15) is 103 Å². The minimum Gasteiger partial charge on any atom is -0.361 e. The van der Waals surface area contributed by atoms with Gasteiger partial charge in [0.05, 0.1) is 78.6 Å². The molecular weight excluding hydrogens is 1350 g/mol. The third kappa shape index (κ3) is 12.0. The van der Waals surface area contributed by atoms with E-state index in [1.54, 1.807) is 0 Å². The first kappa shape index (κ1) is 66.7. The number of aryl methyl sites for hydroxylation is 15. The van der Waals surface area contributed by atoms with E-state index in [9.17, 15) is 0 Å². The maximum Gasteiger partial charge on any atom is 0.148 e. The van der Waals surface area contributed by atoms with E-state index in [1.807, 2.05) is 120 Å². The summed E-state index contributed by atoms with van der Waals surface area (Å²) >= 11 is 0. The second-order valence-electron chi connectivity index (χ2n) is 29.5. The number of hydrogen-bond donors (Lipinski definition) is 4. The van der Waals surface area contributed by atoms with E-state index in [1.165, 1.54) is 51.4 Å². The van der Waals surface area contributed by atoms with Crippen LogP contribution in [0.2, 0.25) is 0 Å². The Kier molecular flexibility index (Phi) is 15.9. The lowest BCUT2D eigenvalue weighted by Crippen LogP contribution is -2.01. The molecule has 12 aromatic heterocycles. The van der Waals surface area contributed by atoms with Crippen LogP contribution in [0.3, 0.4) is 0 Å². The fourth-order valence-corrected chi connectivity index (χ4v) is 15.4. The number of fused-ring (bicyclic) bond motifs is 5. The third-order valence-electron chi connectivity index (χ3n) is 21.1. The van der Waals surface area contributed by atoms with Crippen molar-refractivity contribution in [1.82, 2.24) is 109 Å². The van der Waals surface area contributed by atoms with E-state index < -0.39 is 0 Å². The molecule has 4 aliphatic carbocycles. The molecule has 26 heteroatoms. The van der Waals surface area contributed by atoms with Gasteiger partial charge in [0.25, 0.3) is 0 Å². The van der Waals surface area contributed by atoms with Gasteiger partial charge in [-0.3, -0.25) is 13.7 Å². The number of nitrogens with one attached hydrogen (secondary N) is 4. The Bertz CT molecular complexity index is 6060. The van der Waals surface area contributed by atoms with Crippen molar-refractivity contribution in [2.75, 3.05) is 0 Å². The van der Waals surface area contributed by atoms with Gasteiger partial charge in [-0.1, -0.05) is 32.8 Å². The summed E-state index contributed by atoms with van der Waals surface area (Å²) in [4.78, 5) is 47.6. The van der Waals surface area contributed by atoms with Crippen LogP contribution in [0.15, 0.2) is 97.1 Å². The molecule has 0 amide bonds. The van der Waals surface area contributed by atoms with Crippen molar-refractivity contribution in [3.05, 3.63) is 189 Å². The number of hydrogen-bond acceptors (Lipinski definition) is 18. The molecule has 4 aliphatic rings. The number of benzene rings is 5. The summed E-state index contributed by atoms with van der Waals surface area (Å²) in [5.41, 5.74) is 27.1. The van der Waals surface area contributed by atoms with E-state index >= 15 is 0 Å². The Morgan fingerprint density at radius 1 is 0.355 bits per heavy atom. The van der Waals surface area contributed by atoms with E-state index in [0.717, 1.165) is 232 Å². The highest BCUT2D eigenvalue weighted by Crippen LogP contribution is 2.46. The normalized spacial score (nSPS) is 14.4. The topological polar surface area (TPSA) is 316 Å². The molecule has 4 saturated carbocycles. The first-order valence-corrected chi connectivity index (χ1v) is 36.8. The van der Waals surface area contributed by atoms with Crippen molar-refractivity contribution in [2.24, 2.45) is 0 Å². The van der Waals surface area contributed by atoms with Crippen molar-refractivity contribution in [3.63, 3.8) is 0 Å². The lowest BCUT2D eigenvalue weighted by Gasteiger charge is -2.11. The predicted molar refractivity (Wildman–Crippen MR) is 407 cm³/mol. The van der Waals surface area contributed by atoms with Crippen molar-refractivity contribution in [1.29, 1.82) is 0 Å². The zero-order valence-corrected chi connectivity index (χ0v) is 62.7. The molecule has 0 unspecified atom stereocenters. The van der Waals surface area contributed by atoms with Gasteiger partial charge in [-0.25, -0.2) is 39.6 Å². The molecule has 4 N–H and O–H groups in total. The summed E-state index contributed by atoms with van der Waals surface area (Å²) in [6, 6.07) is 25.4. The number of imidazole rings is 6.